The Kier molecular flexibility index (Phi) is 2.23. The molecule has 0 aliphatic rings. The van der Waals surface area contributed by atoms with E-state index >= 15 is 0 Å². The Morgan fingerprint density at radius 3 is 2.94 bits per heavy atom. The van der Waals surface area contributed by atoms with Gasteiger partial charge in [0.25, 0.3) is 5.56 Å². The van der Waals surface area contributed by atoms with Crippen molar-refractivity contribution in [3.63, 3.8) is 0 Å². The first-order chi connectivity index (χ1) is 8.63. The fourth-order valence-corrected chi connectivity index (χ4v) is 2.24. The van der Waals surface area contributed by atoms with E-state index in [1.807, 2.05) is 6.92 Å². The van der Waals surface area contributed by atoms with Crippen LogP contribution >= 0.6 is 0 Å². The number of aryl methyl sites for hydroxylation is 2. The van der Waals surface area contributed by atoms with Crippen LogP contribution in [0, 0.1) is 12.7 Å². The maximum atomic E-state index is 14.2. The van der Waals surface area contributed by atoms with Gasteiger partial charge in [0.15, 0.2) is 5.82 Å². The molecule has 0 amide bonds. The number of H-pyrrole nitrogens is 1. The zero-order valence-electron chi connectivity index (χ0n) is 10.1. The van der Waals surface area contributed by atoms with E-state index in [2.05, 4.69) is 10.1 Å². The minimum atomic E-state index is -0.373. The van der Waals surface area contributed by atoms with Crippen molar-refractivity contribution in [1.82, 2.24) is 14.6 Å². The first-order valence-electron chi connectivity index (χ1n) is 5.81. The molecular formula is C13H12FN3O. The first kappa shape index (κ1) is 11.0. The van der Waals surface area contributed by atoms with Gasteiger partial charge in [-0.05, 0) is 25.0 Å². The molecule has 2 aromatic heterocycles. The van der Waals surface area contributed by atoms with Crippen LogP contribution in [0.25, 0.3) is 16.6 Å². The molecule has 0 spiro atoms. The Morgan fingerprint density at radius 1 is 1.44 bits per heavy atom. The average Bonchev–Trinajstić information content (AvgIpc) is 2.74. The highest BCUT2D eigenvalue weighted by Gasteiger charge is 2.13. The number of nitrogens with one attached hydrogen (secondary N) is 1. The predicted molar refractivity (Wildman–Crippen MR) is 67.4 cm³/mol. The SMILES string of the molecule is CCc1ccc2c([nH]c(=O)c3c(C)cnn32)c1F. The van der Waals surface area contributed by atoms with Gasteiger partial charge in [0.05, 0.1) is 11.7 Å². The molecule has 0 aliphatic heterocycles. The zero-order chi connectivity index (χ0) is 12.9. The van der Waals surface area contributed by atoms with Gasteiger partial charge in [0.2, 0.25) is 0 Å². The standard InChI is InChI=1S/C13H12FN3O/c1-3-8-4-5-9-11(10(8)14)16-13(18)12-7(2)6-15-17(9)12/h4-6H,3H2,1-2H3,(H,16,18). The van der Waals surface area contributed by atoms with Crippen LogP contribution in [-0.2, 0) is 6.42 Å². The summed E-state index contributed by atoms with van der Waals surface area (Å²) >= 11 is 0. The fourth-order valence-electron chi connectivity index (χ4n) is 2.24. The van der Waals surface area contributed by atoms with Gasteiger partial charge in [0, 0.05) is 5.56 Å². The van der Waals surface area contributed by atoms with Gasteiger partial charge in [0.1, 0.15) is 11.0 Å². The third-order valence-electron chi connectivity index (χ3n) is 3.21. The van der Waals surface area contributed by atoms with Crippen molar-refractivity contribution in [1.29, 1.82) is 0 Å². The molecule has 0 atom stereocenters. The molecule has 92 valence electrons. The van der Waals surface area contributed by atoms with Crippen LogP contribution in [0.1, 0.15) is 18.1 Å². The van der Waals surface area contributed by atoms with Crippen molar-refractivity contribution in [2.24, 2.45) is 0 Å². The second-order valence-electron chi connectivity index (χ2n) is 4.33. The molecule has 0 saturated heterocycles. The van der Waals surface area contributed by atoms with E-state index in [1.54, 1.807) is 25.3 Å². The van der Waals surface area contributed by atoms with Crippen molar-refractivity contribution in [3.05, 3.63) is 45.6 Å². The number of hydrogen-bond acceptors (Lipinski definition) is 2. The molecule has 3 rings (SSSR count). The van der Waals surface area contributed by atoms with Crippen molar-refractivity contribution in [2.45, 2.75) is 20.3 Å². The van der Waals surface area contributed by atoms with E-state index < -0.39 is 0 Å². The van der Waals surface area contributed by atoms with Crippen LogP contribution in [0.5, 0.6) is 0 Å². The van der Waals surface area contributed by atoms with Crippen molar-refractivity contribution in [3.8, 4) is 0 Å². The van der Waals surface area contributed by atoms with Gasteiger partial charge in [-0.25, -0.2) is 8.91 Å². The van der Waals surface area contributed by atoms with Crippen LogP contribution < -0.4 is 5.56 Å². The molecule has 0 unspecified atom stereocenters. The Bertz CT molecular complexity index is 816. The number of hydrogen-bond donors (Lipinski definition) is 1. The Labute approximate surface area is 102 Å². The molecule has 0 bridgehead atoms. The molecule has 0 aliphatic carbocycles. The largest absolute Gasteiger partial charge is 0.316 e. The van der Waals surface area contributed by atoms with Gasteiger partial charge in [-0.15, -0.1) is 0 Å². The minimum absolute atomic E-state index is 0.218. The summed E-state index contributed by atoms with van der Waals surface area (Å²) in [6, 6.07) is 3.51. The second-order valence-corrected chi connectivity index (χ2v) is 4.33. The summed E-state index contributed by atoms with van der Waals surface area (Å²) in [6.45, 7) is 3.68. The van der Waals surface area contributed by atoms with E-state index in [4.69, 9.17) is 0 Å². The lowest BCUT2D eigenvalue weighted by Gasteiger charge is -2.06. The molecule has 0 fully saturated rings. The number of halogens is 1. The number of aromatic nitrogens is 3. The third kappa shape index (κ3) is 1.30. The van der Waals surface area contributed by atoms with Crippen LogP contribution in [0.4, 0.5) is 4.39 Å². The summed E-state index contributed by atoms with van der Waals surface area (Å²) < 4.78 is 15.7. The highest BCUT2D eigenvalue weighted by Crippen LogP contribution is 2.20. The van der Waals surface area contributed by atoms with Gasteiger partial charge in [-0.3, -0.25) is 4.79 Å². The normalized spacial score (nSPS) is 11.5. The van der Waals surface area contributed by atoms with E-state index in [-0.39, 0.29) is 16.9 Å². The van der Waals surface area contributed by atoms with E-state index in [0.29, 0.717) is 23.0 Å². The van der Waals surface area contributed by atoms with Gasteiger partial charge in [-0.1, -0.05) is 13.0 Å². The molecule has 3 aromatic rings. The Balaban J connectivity index is 2.58. The van der Waals surface area contributed by atoms with E-state index in [1.165, 1.54) is 4.52 Å². The fraction of sp³-hybridized carbons (Fsp3) is 0.231. The molecular weight excluding hydrogens is 233 g/mol. The average molecular weight is 245 g/mol. The molecule has 18 heavy (non-hydrogen) atoms. The summed E-state index contributed by atoms with van der Waals surface area (Å²) in [5, 5.41) is 4.13. The van der Waals surface area contributed by atoms with Crippen LogP contribution in [-0.4, -0.2) is 14.6 Å². The molecule has 0 radical (unpaired) electrons. The molecule has 1 aromatic carbocycles. The molecule has 2 heterocycles. The summed E-state index contributed by atoms with van der Waals surface area (Å²) in [5.74, 6) is -0.373. The molecule has 0 saturated carbocycles. The predicted octanol–water partition coefficient (Wildman–Crippen LogP) is 2.19. The maximum absolute atomic E-state index is 14.2. The summed E-state index contributed by atoms with van der Waals surface area (Å²) in [7, 11) is 0. The summed E-state index contributed by atoms with van der Waals surface area (Å²) in [6.07, 6.45) is 2.19. The second kappa shape index (κ2) is 3.66. The third-order valence-corrected chi connectivity index (χ3v) is 3.21. The summed E-state index contributed by atoms with van der Waals surface area (Å²) in [4.78, 5) is 14.6. The number of benzene rings is 1. The van der Waals surface area contributed by atoms with Gasteiger partial charge < -0.3 is 4.98 Å². The number of nitrogens with zero attached hydrogens (tertiary/aromatic N) is 2. The maximum Gasteiger partial charge on any atom is 0.274 e. The lowest BCUT2D eigenvalue weighted by molar-refractivity contribution is 0.620. The Morgan fingerprint density at radius 2 is 2.22 bits per heavy atom. The van der Waals surface area contributed by atoms with E-state index in [9.17, 15) is 9.18 Å². The smallest absolute Gasteiger partial charge is 0.274 e. The molecule has 4 nitrogen and oxygen atoms in total. The number of aromatic amines is 1. The lowest BCUT2D eigenvalue weighted by atomic mass is 10.1. The van der Waals surface area contributed by atoms with Crippen molar-refractivity contribution >= 4 is 16.6 Å². The van der Waals surface area contributed by atoms with Crippen molar-refractivity contribution < 1.29 is 4.39 Å². The minimum Gasteiger partial charge on any atom is -0.316 e. The van der Waals surface area contributed by atoms with E-state index in [0.717, 1.165) is 5.56 Å². The topological polar surface area (TPSA) is 50.2 Å². The van der Waals surface area contributed by atoms with Crippen LogP contribution in [0.15, 0.2) is 23.1 Å². The first-order valence-corrected chi connectivity index (χ1v) is 5.81. The zero-order valence-corrected chi connectivity index (χ0v) is 10.1. The van der Waals surface area contributed by atoms with Gasteiger partial charge >= 0.3 is 0 Å². The molecule has 1 N–H and O–H groups in total. The number of rotatable bonds is 1. The van der Waals surface area contributed by atoms with Crippen LogP contribution in [0.3, 0.4) is 0 Å². The summed E-state index contributed by atoms with van der Waals surface area (Å²) in [5.41, 5.74) is 2.30. The highest BCUT2D eigenvalue weighted by molar-refractivity contribution is 5.79. The van der Waals surface area contributed by atoms with Gasteiger partial charge in [-0.2, -0.15) is 5.10 Å². The lowest BCUT2D eigenvalue weighted by Crippen LogP contribution is -2.12. The number of fused-ring (bicyclic) bond motifs is 3. The monoisotopic (exact) mass is 245 g/mol. The quantitative estimate of drug-likeness (QED) is 0.714. The van der Waals surface area contributed by atoms with Crippen molar-refractivity contribution in [2.75, 3.05) is 0 Å². The van der Waals surface area contributed by atoms with Crippen LogP contribution in [0.2, 0.25) is 0 Å². The highest BCUT2D eigenvalue weighted by atomic mass is 19.1. The Hall–Kier alpha value is -2.17. The molecule has 5 heteroatoms.